The molecule has 2 atom stereocenters. The van der Waals surface area contributed by atoms with E-state index < -0.39 is 0 Å². The highest BCUT2D eigenvalue weighted by atomic mass is 16.2. The molecule has 15 heavy (non-hydrogen) atoms. The van der Waals surface area contributed by atoms with Gasteiger partial charge in [0.15, 0.2) is 0 Å². The molecule has 1 amide bonds. The molecule has 1 fully saturated rings. The smallest absolute Gasteiger partial charge is 0.237 e. The quantitative estimate of drug-likeness (QED) is 0.703. The first kappa shape index (κ1) is 12.5. The molecule has 3 N–H and O–H groups in total. The Balaban J connectivity index is 2.37. The number of likely N-dealkylation sites (tertiary alicyclic amines) is 1. The van der Waals surface area contributed by atoms with Crippen molar-refractivity contribution in [3.05, 3.63) is 0 Å². The van der Waals surface area contributed by atoms with Crippen molar-refractivity contribution in [1.82, 2.24) is 10.2 Å². The van der Waals surface area contributed by atoms with Crippen LogP contribution in [0.15, 0.2) is 0 Å². The van der Waals surface area contributed by atoms with E-state index in [1.807, 2.05) is 13.8 Å². The molecular formula is C11H23N3O. The average Bonchev–Trinajstić information content (AvgIpc) is 2.16. The predicted octanol–water partition coefficient (Wildman–Crippen LogP) is 0.180. The van der Waals surface area contributed by atoms with Crippen molar-refractivity contribution in [2.24, 2.45) is 11.7 Å². The summed E-state index contributed by atoms with van der Waals surface area (Å²) in [6.07, 6.45) is 2.22. The van der Waals surface area contributed by atoms with E-state index in [9.17, 15) is 4.79 Å². The highest BCUT2D eigenvalue weighted by Crippen LogP contribution is 2.08. The fourth-order valence-corrected chi connectivity index (χ4v) is 1.88. The van der Waals surface area contributed by atoms with E-state index >= 15 is 0 Å². The van der Waals surface area contributed by atoms with Gasteiger partial charge >= 0.3 is 0 Å². The SMILES string of the molecule is CC(C)[C@@H](N)C(=O)NC1CCCN(C)C1. The molecule has 1 rings (SSSR count). The summed E-state index contributed by atoms with van der Waals surface area (Å²) in [5, 5.41) is 3.02. The monoisotopic (exact) mass is 213 g/mol. The van der Waals surface area contributed by atoms with Crippen molar-refractivity contribution in [3.8, 4) is 0 Å². The molecule has 0 aromatic carbocycles. The van der Waals surface area contributed by atoms with Crippen LogP contribution in [0.2, 0.25) is 0 Å². The zero-order chi connectivity index (χ0) is 11.4. The standard InChI is InChI=1S/C11H23N3O/c1-8(2)10(12)11(15)13-9-5-4-6-14(3)7-9/h8-10H,4-7,12H2,1-3H3,(H,13,15)/t9?,10-/m1/s1. The van der Waals surface area contributed by atoms with Gasteiger partial charge in [-0.3, -0.25) is 4.79 Å². The second-order valence-corrected chi connectivity index (χ2v) is 4.88. The normalized spacial score (nSPS) is 25.3. The minimum atomic E-state index is -0.378. The Kier molecular flexibility index (Phi) is 4.54. The van der Waals surface area contributed by atoms with Gasteiger partial charge in [-0.2, -0.15) is 0 Å². The van der Waals surface area contributed by atoms with Crippen molar-refractivity contribution in [2.75, 3.05) is 20.1 Å². The number of nitrogens with two attached hydrogens (primary N) is 1. The summed E-state index contributed by atoms with van der Waals surface area (Å²) in [6.45, 7) is 6.01. The number of hydrogen-bond donors (Lipinski definition) is 2. The van der Waals surface area contributed by atoms with E-state index in [-0.39, 0.29) is 23.9 Å². The highest BCUT2D eigenvalue weighted by molar-refractivity contribution is 5.82. The lowest BCUT2D eigenvalue weighted by atomic mass is 10.0. The molecule has 4 nitrogen and oxygen atoms in total. The van der Waals surface area contributed by atoms with Crippen molar-refractivity contribution in [3.63, 3.8) is 0 Å². The molecule has 88 valence electrons. The van der Waals surface area contributed by atoms with Gasteiger partial charge in [0.2, 0.25) is 5.91 Å². The first-order chi connectivity index (χ1) is 7.00. The average molecular weight is 213 g/mol. The van der Waals surface area contributed by atoms with Gasteiger partial charge in [0.05, 0.1) is 6.04 Å². The maximum atomic E-state index is 11.7. The maximum absolute atomic E-state index is 11.7. The Hall–Kier alpha value is -0.610. The summed E-state index contributed by atoms with van der Waals surface area (Å²) >= 11 is 0. The highest BCUT2D eigenvalue weighted by Gasteiger charge is 2.23. The van der Waals surface area contributed by atoms with Crippen LogP contribution in [0.3, 0.4) is 0 Å². The lowest BCUT2D eigenvalue weighted by Gasteiger charge is -2.31. The molecule has 0 aromatic rings. The number of carbonyl (C=O) groups is 1. The number of rotatable bonds is 3. The van der Waals surface area contributed by atoms with Gasteiger partial charge in [-0.15, -0.1) is 0 Å². The fourth-order valence-electron chi connectivity index (χ4n) is 1.88. The minimum Gasteiger partial charge on any atom is -0.351 e. The van der Waals surface area contributed by atoms with Crippen molar-refractivity contribution >= 4 is 5.91 Å². The third-order valence-corrected chi connectivity index (χ3v) is 2.99. The second kappa shape index (κ2) is 5.47. The molecule has 0 radical (unpaired) electrons. The molecule has 4 heteroatoms. The Morgan fingerprint density at radius 3 is 2.73 bits per heavy atom. The van der Waals surface area contributed by atoms with E-state index in [1.54, 1.807) is 0 Å². The Labute approximate surface area is 92.2 Å². The van der Waals surface area contributed by atoms with Crippen LogP contribution in [0.4, 0.5) is 0 Å². The summed E-state index contributed by atoms with van der Waals surface area (Å²) in [5.41, 5.74) is 5.79. The van der Waals surface area contributed by atoms with Crippen molar-refractivity contribution in [2.45, 2.75) is 38.8 Å². The zero-order valence-corrected chi connectivity index (χ0v) is 9.99. The molecule has 1 heterocycles. The third-order valence-electron chi connectivity index (χ3n) is 2.99. The van der Waals surface area contributed by atoms with Crippen LogP contribution >= 0.6 is 0 Å². The largest absolute Gasteiger partial charge is 0.351 e. The van der Waals surface area contributed by atoms with Gasteiger partial charge in [0, 0.05) is 12.6 Å². The van der Waals surface area contributed by atoms with Gasteiger partial charge in [0.1, 0.15) is 0 Å². The zero-order valence-electron chi connectivity index (χ0n) is 9.99. The van der Waals surface area contributed by atoms with Gasteiger partial charge < -0.3 is 16.0 Å². The number of likely N-dealkylation sites (N-methyl/N-ethyl adjacent to an activating group) is 1. The van der Waals surface area contributed by atoms with Crippen LogP contribution in [0, 0.1) is 5.92 Å². The molecule has 1 aliphatic rings. The topological polar surface area (TPSA) is 58.4 Å². The summed E-state index contributed by atoms with van der Waals surface area (Å²) in [5.74, 6) is 0.191. The first-order valence-electron chi connectivity index (χ1n) is 5.75. The Morgan fingerprint density at radius 1 is 1.53 bits per heavy atom. The van der Waals surface area contributed by atoms with Gasteiger partial charge in [-0.25, -0.2) is 0 Å². The van der Waals surface area contributed by atoms with Crippen LogP contribution < -0.4 is 11.1 Å². The molecule has 0 spiro atoms. The Morgan fingerprint density at radius 2 is 2.20 bits per heavy atom. The molecule has 0 aromatic heterocycles. The number of amides is 1. The van der Waals surface area contributed by atoms with E-state index in [0.717, 1.165) is 25.9 Å². The van der Waals surface area contributed by atoms with Crippen LogP contribution in [0.1, 0.15) is 26.7 Å². The summed E-state index contributed by atoms with van der Waals surface area (Å²) < 4.78 is 0. The molecule has 1 aliphatic heterocycles. The van der Waals surface area contributed by atoms with E-state index in [4.69, 9.17) is 5.73 Å². The first-order valence-corrected chi connectivity index (χ1v) is 5.75. The fraction of sp³-hybridized carbons (Fsp3) is 0.909. The second-order valence-electron chi connectivity index (χ2n) is 4.88. The van der Waals surface area contributed by atoms with E-state index in [1.165, 1.54) is 0 Å². The van der Waals surface area contributed by atoms with Crippen molar-refractivity contribution in [1.29, 1.82) is 0 Å². The van der Waals surface area contributed by atoms with E-state index in [2.05, 4.69) is 17.3 Å². The van der Waals surface area contributed by atoms with Gasteiger partial charge in [-0.1, -0.05) is 13.8 Å². The Bertz CT molecular complexity index is 218. The molecule has 0 aliphatic carbocycles. The molecule has 0 saturated carbocycles. The molecule has 0 bridgehead atoms. The number of carbonyl (C=O) groups excluding carboxylic acids is 1. The third kappa shape index (κ3) is 3.80. The van der Waals surface area contributed by atoms with Crippen LogP contribution in [0.25, 0.3) is 0 Å². The maximum Gasteiger partial charge on any atom is 0.237 e. The van der Waals surface area contributed by atoms with Crippen LogP contribution in [-0.4, -0.2) is 43.0 Å². The number of nitrogens with zero attached hydrogens (tertiary/aromatic N) is 1. The molecular weight excluding hydrogens is 190 g/mol. The summed E-state index contributed by atoms with van der Waals surface area (Å²) in [4.78, 5) is 14.0. The predicted molar refractivity (Wildman–Crippen MR) is 61.5 cm³/mol. The van der Waals surface area contributed by atoms with Crippen LogP contribution in [-0.2, 0) is 4.79 Å². The number of piperidine rings is 1. The lowest BCUT2D eigenvalue weighted by Crippen LogP contribution is -2.52. The minimum absolute atomic E-state index is 0.00898. The molecule has 1 unspecified atom stereocenters. The number of nitrogens with one attached hydrogen (secondary N) is 1. The number of hydrogen-bond acceptors (Lipinski definition) is 3. The van der Waals surface area contributed by atoms with Crippen LogP contribution in [0.5, 0.6) is 0 Å². The van der Waals surface area contributed by atoms with Gasteiger partial charge in [0.25, 0.3) is 0 Å². The van der Waals surface area contributed by atoms with Crippen molar-refractivity contribution < 1.29 is 4.79 Å². The lowest BCUT2D eigenvalue weighted by molar-refractivity contribution is -0.124. The van der Waals surface area contributed by atoms with Gasteiger partial charge in [-0.05, 0) is 32.4 Å². The van der Waals surface area contributed by atoms with E-state index in [0.29, 0.717) is 0 Å². The summed E-state index contributed by atoms with van der Waals surface area (Å²) in [6, 6.07) is -0.0988. The molecule has 1 saturated heterocycles. The summed E-state index contributed by atoms with van der Waals surface area (Å²) in [7, 11) is 2.08.